The normalized spacial score (nSPS) is 9.08. The van der Waals surface area contributed by atoms with Crippen LogP contribution in [0.1, 0.15) is 13.8 Å². The number of nitrogens with one attached hydrogen (secondary N) is 1. The van der Waals surface area contributed by atoms with Gasteiger partial charge in [0.05, 0.1) is 0 Å². The molecule has 0 amide bonds. The van der Waals surface area contributed by atoms with E-state index in [1.165, 1.54) is 5.39 Å². The summed E-state index contributed by atoms with van der Waals surface area (Å²) in [5, 5.41) is 1.20. The third kappa shape index (κ3) is 2.39. The Morgan fingerprint density at radius 2 is 1.69 bits per heavy atom. The molecule has 0 aliphatic carbocycles. The van der Waals surface area contributed by atoms with Gasteiger partial charge in [-0.2, -0.15) is 0 Å². The minimum Gasteiger partial charge on any atom is -0.346 e. The second-order valence-corrected chi connectivity index (χ2v) is 2.85. The van der Waals surface area contributed by atoms with Crippen LogP contribution in [0.2, 0.25) is 0 Å². The van der Waals surface area contributed by atoms with Gasteiger partial charge in [0.25, 0.3) is 0 Å². The number of aromatic amines is 1. The summed E-state index contributed by atoms with van der Waals surface area (Å²) in [6, 6.07) is 12.0. The second-order valence-electron chi connectivity index (χ2n) is 2.41. The molecule has 0 saturated carbocycles. The molecule has 0 saturated heterocycles. The molecule has 1 nitrogen and oxygen atoms in total. The highest BCUT2D eigenvalue weighted by molar-refractivity contribution is 7.71. The maximum Gasteiger partial charge on any atom is 0.103 e. The number of hydrogen-bond donors (Lipinski definition) is 1. The van der Waals surface area contributed by atoms with Crippen molar-refractivity contribution in [3.63, 3.8) is 0 Å². The number of aromatic nitrogens is 1. The molecule has 1 aromatic heterocycles. The summed E-state index contributed by atoms with van der Waals surface area (Å²) in [6.07, 6.45) is 0. The zero-order valence-corrected chi connectivity index (χ0v) is 8.69. The van der Waals surface area contributed by atoms with E-state index < -0.39 is 0 Å². The Kier molecular flexibility index (Phi) is 3.65. The van der Waals surface area contributed by atoms with Crippen molar-refractivity contribution in [1.82, 2.24) is 4.98 Å². The van der Waals surface area contributed by atoms with Gasteiger partial charge in [-0.3, -0.25) is 0 Å². The summed E-state index contributed by atoms with van der Waals surface area (Å²) in [7, 11) is 0. The van der Waals surface area contributed by atoms with E-state index in [2.05, 4.69) is 11.1 Å². The van der Waals surface area contributed by atoms with Crippen molar-refractivity contribution in [2.24, 2.45) is 0 Å². The monoisotopic (exact) mass is 191 g/mol. The maximum atomic E-state index is 4.98. The molecule has 1 heterocycles. The van der Waals surface area contributed by atoms with Crippen molar-refractivity contribution in [1.29, 1.82) is 0 Å². The molecule has 2 rings (SSSR count). The van der Waals surface area contributed by atoms with Crippen molar-refractivity contribution in [2.75, 3.05) is 0 Å². The highest BCUT2D eigenvalue weighted by atomic mass is 32.1. The maximum absolute atomic E-state index is 4.98. The molecule has 0 radical (unpaired) electrons. The highest BCUT2D eigenvalue weighted by Crippen LogP contribution is 2.09. The van der Waals surface area contributed by atoms with Crippen molar-refractivity contribution in [2.45, 2.75) is 13.8 Å². The lowest BCUT2D eigenvalue weighted by Gasteiger charge is -1.94. The van der Waals surface area contributed by atoms with Gasteiger partial charge < -0.3 is 4.98 Å². The summed E-state index contributed by atoms with van der Waals surface area (Å²) in [6.45, 7) is 4.00. The first-order valence-corrected chi connectivity index (χ1v) is 4.85. The van der Waals surface area contributed by atoms with Crippen LogP contribution in [0.4, 0.5) is 0 Å². The average Bonchev–Trinajstić information content (AvgIpc) is 2.21. The Morgan fingerprint density at radius 1 is 1.00 bits per heavy atom. The predicted molar refractivity (Wildman–Crippen MR) is 60.5 cm³/mol. The topological polar surface area (TPSA) is 15.8 Å². The number of H-pyrrole nitrogens is 1. The number of fused-ring (bicyclic) bond motifs is 1. The molecule has 2 aromatic rings. The summed E-state index contributed by atoms with van der Waals surface area (Å²) in [4.78, 5) is 3.10. The van der Waals surface area contributed by atoms with Gasteiger partial charge in [-0.1, -0.05) is 44.3 Å². The number of rotatable bonds is 0. The Labute approximate surface area is 83.4 Å². The van der Waals surface area contributed by atoms with Gasteiger partial charge in [-0.25, -0.2) is 0 Å². The minimum absolute atomic E-state index is 0.781. The molecule has 1 aromatic carbocycles. The van der Waals surface area contributed by atoms with E-state index in [1.54, 1.807) is 0 Å². The minimum atomic E-state index is 0.781. The van der Waals surface area contributed by atoms with Crippen molar-refractivity contribution in [3.8, 4) is 0 Å². The van der Waals surface area contributed by atoms with Gasteiger partial charge in [0.1, 0.15) is 4.64 Å². The van der Waals surface area contributed by atoms with E-state index in [4.69, 9.17) is 12.2 Å². The molecule has 1 N–H and O–H groups in total. The van der Waals surface area contributed by atoms with E-state index in [0.717, 1.165) is 10.2 Å². The fourth-order valence-corrected chi connectivity index (χ4v) is 1.27. The first kappa shape index (κ1) is 9.93. The second kappa shape index (κ2) is 4.77. The van der Waals surface area contributed by atoms with Crippen LogP contribution < -0.4 is 0 Å². The van der Waals surface area contributed by atoms with Crippen molar-refractivity contribution < 1.29 is 0 Å². The molecule has 0 bridgehead atoms. The fraction of sp³-hybridized carbons (Fsp3) is 0.182. The Morgan fingerprint density at radius 3 is 2.46 bits per heavy atom. The fourth-order valence-electron chi connectivity index (χ4n) is 1.10. The third-order valence-electron chi connectivity index (χ3n) is 1.63. The largest absolute Gasteiger partial charge is 0.346 e. The zero-order chi connectivity index (χ0) is 9.68. The third-order valence-corrected chi connectivity index (χ3v) is 1.87. The SMILES string of the molecule is CC.S=c1ccc2ccccc2[nH]1. The Bertz CT molecular complexity index is 431. The van der Waals surface area contributed by atoms with Crippen LogP contribution in [0.3, 0.4) is 0 Å². The summed E-state index contributed by atoms with van der Waals surface area (Å²) in [5.74, 6) is 0. The van der Waals surface area contributed by atoms with Gasteiger partial charge >= 0.3 is 0 Å². The van der Waals surface area contributed by atoms with E-state index in [-0.39, 0.29) is 0 Å². The van der Waals surface area contributed by atoms with Gasteiger partial charge in [0.2, 0.25) is 0 Å². The number of benzene rings is 1. The first-order chi connectivity index (χ1) is 6.36. The standard InChI is InChI=1S/C9H7NS.C2H6/c11-9-6-5-7-3-1-2-4-8(7)10-9;1-2/h1-6H,(H,10,11);1-2H3. The molecule has 0 aliphatic heterocycles. The molecule has 0 atom stereocenters. The summed E-state index contributed by atoms with van der Waals surface area (Å²) < 4.78 is 0.781. The lowest BCUT2D eigenvalue weighted by Crippen LogP contribution is -1.76. The highest BCUT2D eigenvalue weighted by Gasteiger charge is 1.87. The molecule has 0 fully saturated rings. The first-order valence-electron chi connectivity index (χ1n) is 4.44. The van der Waals surface area contributed by atoms with E-state index in [9.17, 15) is 0 Å². The van der Waals surface area contributed by atoms with Crippen molar-refractivity contribution in [3.05, 3.63) is 41.0 Å². The quantitative estimate of drug-likeness (QED) is 0.624. The van der Waals surface area contributed by atoms with Crippen molar-refractivity contribution >= 4 is 23.1 Å². The Hall–Kier alpha value is -1.15. The zero-order valence-electron chi connectivity index (χ0n) is 7.87. The molecular weight excluding hydrogens is 178 g/mol. The van der Waals surface area contributed by atoms with E-state index >= 15 is 0 Å². The van der Waals surface area contributed by atoms with Crippen LogP contribution in [0, 0.1) is 4.64 Å². The van der Waals surface area contributed by atoms with Gasteiger partial charge in [-0.15, -0.1) is 0 Å². The van der Waals surface area contributed by atoms with Crippen LogP contribution in [0.15, 0.2) is 36.4 Å². The van der Waals surface area contributed by atoms with Crippen LogP contribution in [0.25, 0.3) is 10.9 Å². The molecule has 0 unspecified atom stereocenters. The Balaban J connectivity index is 0.000000396. The number of pyridine rings is 1. The molecule has 2 heteroatoms. The molecule has 13 heavy (non-hydrogen) atoms. The van der Waals surface area contributed by atoms with Crippen LogP contribution in [-0.2, 0) is 0 Å². The lowest BCUT2D eigenvalue weighted by molar-refractivity contribution is 1.38. The van der Waals surface area contributed by atoms with Crippen LogP contribution in [0.5, 0.6) is 0 Å². The molecular formula is C11H13NS. The van der Waals surface area contributed by atoms with E-state index in [0.29, 0.717) is 0 Å². The molecule has 0 aliphatic rings. The smallest absolute Gasteiger partial charge is 0.103 e. The molecule has 68 valence electrons. The van der Waals surface area contributed by atoms with Gasteiger partial charge in [-0.05, 0) is 23.6 Å². The molecule has 0 spiro atoms. The lowest BCUT2D eigenvalue weighted by atomic mass is 10.2. The predicted octanol–water partition coefficient (Wildman–Crippen LogP) is 3.92. The summed E-state index contributed by atoms with van der Waals surface area (Å²) >= 11 is 4.98. The average molecular weight is 191 g/mol. The summed E-state index contributed by atoms with van der Waals surface area (Å²) in [5.41, 5.74) is 1.10. The van der Waals surface area contributed by atoms with Crippen LogP contribution >= 0.6 is 12.2 Å². The van der Waals surface area contributed by atoms with Crippen LogP contribution in [-0.4, -0.2) is 4.98 Å². The van der Waals surface area contributed by atoms with Gasteiger partial charge in [0.15, 0.2) is 0 Å². The van der Waals surface area contributed by atoms with Gasteiger partial charge in [0, 0.05) is 5.52 Å². The van der Waals surface area contributed by atoms with E-state index in [1.807, 2.05) is 44.2 Å². The number of para-hydroxylation sites is 1. The number of hydrogen-bond acceptors (Lipinski definition) is 1.